The molecule has 0 saturated carbocycles. The summed E-state index contributed by atoms with van der Waals surface area (Å²) in [4.78, 5) is 2.54. The molecule has 0 unspecified atom stereocenters. The maximum absolute atomic E-state index is 6.49. The standard InChI is InChI=1S/C20H39NO3Si/c1-16-17(11-14-21-12-9-8-10-13-21)18(22-5)15-19(23-16)24-25(6,7)20(2,3)4/h11,16,18-19H,8-10,12-15H2,1-7H3/b17-11-/t16-,18-,19-/m0/s1. The first kappa shape index (κ1) is 21.1. The van der Waals surface area contributed by atoms with Gasteiger partial charge in [0.15, 0.2) is 14.6 Å². The lowest BCUT2D eigenvalue weighted by Crippen LogP contribution is -2.49. The first-order valence-electron chi connectivity index (χ1n) is 9.92. The van der Waals surface area contributed by atoms with E-state index in [4.69, 9.17) is 13.9 Å². The lowest BCUT2D eigenvalue weighted by atomic mass is 9.97. The highest BCUT2D eigenvalue weighted by Crippen LogP contribution is 2.39. The fourth-order valence-electron chi connectivity index (χ4n) is 3.42. The van der Waals surface area contributed by atoms with Gasteiger partial charge < -0.3 is 13.9 Å². The zero-order valence-corrected chi connectivity index (χ0v) is 18.4. The van der Waals surface area contributed by atoms with Crippen LogP contribution in [0.4, 0.5) is 0 Å². The summed E-state index contributed by atoms with van der Waals surface area (Å²) in [5.74, 6) is 0. The molecule has 0 bridgehead atoms. The third kappa shape index (κ3) is 5.63. The summed E-state index contributed by atoms with van der Waals surface area (Å²) in [5, 5.41) is 0.187. The van der Waals surface area contributed by atoms with Crippen LogP contribution in [0.1, 0.15) is 53.4 Å². The molecule has 0 amide bonds. The second-order valence-electron chi connectivity index (χ2n) is 9.11. The van der Waals surface area contributed by atoms with E-state index in [9.17, 15) is 0 Å². The van der Waals surface area contributed by atoms with Crippen molar-refractivity contribution in [3.63, 3.8) is 0 Å². The molecule has 0 N–H and O–H groups in total. The summed E-state index contributed by atoms with van der Waals surface area (Å²) < 4.78 is 18.5. The Hall–Kier alpha value is -0.203. The first-order chi connectivity index (χ1) is 11.6. The molecule has 2 rings (SSSR count). The van der Waals surface area contributed by atoms with E-state index in [2.05, 4.69) is 51.8 Å². The van der Waals surface area contributed by atoms with Gasteiger partial charge in [-0.25, -0.2) is 0 Å². The molecular weight excluding hydrogens is 330 g/mol. The average Bonchev–Trinajstić information content (AvgIpc) is 2.53. The monoisotopic (exact) mass is 369 g/mol. The topological polar surface area (TPSA) is 30.9 Å². The molecule has 0 aliphatic carbocycles. The molecule has 146 valence electrons. The van der Waals surface area contributed by atoms with Crippen LogP contribution >= 0.6 is 0 Å². The number of likely N-dealkylation sites (tertiary alicyclic amines) is 1. The molecule has 5 heteroatoms. The molecule has 2 saturated heterocycles. The molecule has 0 radical (unpaired) electrons. The van der Waals surface area contributed by atoms with Crippen molar-refractivity contribution in [3.8, 4) is 0 Å². The molecule has 2 fully saturated rings. The quantitative estimate of drug-likeness (QED) is 0.525. The van der Waals surface area contributed by atoms with Gasteiger partial charge in [-0.2, -0.15) is 0 Å². The lowest BCUT2D eigenvalue weighted by Gasteiger charge is -2.43. The smallest absolute Gasteiger partial charge is 0.195 e. The van der Waals surface area contributed by atoms with Crippen LogP contribution in [0.15, 0.2) is 11.6 Å². The van der Waals surface area contributed by atoms with Crippen LogP contribution < -0.4 is 0 Å². The molecule has 2 aliphatic rings. The Morgan fingerprint density at radius 1 is 1.20 bits per heavy atom. The van der Waals surface area contributed by atoms with Gasteiger partial charge in [-0.3, -0.25) is 4.90 Å². The number of rotatable bonds is 5. The van der Waals surface area contributed by atoms with E-state index in [1.54, 1.807) is 7.11 Å². The van der Waals surface area contributed by atoms with E-state index < -0.39 is 8.32 Å². The number of ether oxygens (including phenoxy) is 2. The van der Waals surface area contributed by atoms with Crippen molar-refractivity contribution in [3.05, 3.63) is 11.6 Å². The van der Waals surface area contributed by atoms with Gasteiger partial charge in [0.2, 0.25) is 0 Å². The van der Waals surface area contributed by atoms with Crippen molar-refractivity contribution in [2.45, 2.75) is 90.0 Å². The summed E-state index contributed by atoms with van der Waals surface area (Å²) in [6, 6.07) is 0. The van der Waals surface area contributed by atoms with Crippen LogP contribution in [-0.2, 0) is 13.9 Å². The molecule has 2 aliphatic heterocycles. The molecule has 0 aromatic rings. The maximum Gasteiger partial charge on any atom is 0.195 e. The minimum atomic E-state index is -1.84. The van der Waals surface area contributed by atoms with Gasteiger partial charge in [0.25, 0.3) is 0 Å². The van der Waals surface area contributed by atoms with Gasteiger partial charge in [0.05, 0.1) is 12.2 Å². The minimum Gasteiger partial charge on any atom is -0.392 e. The van der Waals surface area contributed by atoms with Crippen LogP contribution in [0, 0.1) is 0 Å². The second-order valence-corrected chi connectivity index (χ2v) is 13.9. The molecule has 2 heterocycles. The highest BCUT2D eigenvalue weighted by atomic mass is 28.4. The minimum absolute atomic E-state index is 0.0539. The third-order valence-electron chi connectivity index (χ3n) is 6.15. The van der Waals surface area contributed by atoms with E-state index in [1.807, 2.05) is 0 Å². The van der Waals surface area contributed by atoms with Gasteiger partial charge in [0.1, 0.15) is 0 Å². The van der Waals surface area contributed by atoms with Crippen LogP contribution in [0.3, 0.4) is 0 Å². The molecular formula is C20H39NO3Si. The fraction of sp³-hybridized carbons (Fsp3) is 0.900. The number of methoxy groups -OCH3 is 1. The van der Waals surface area contributed by atoms with Gasteiger partial charge in [-0.05, 0) is 56.6 Å². The van der Waals surface area contributed by atoms with Crippen molar-refractivity contribution in [2.75, 3.05) is 26.7 Å². The van der Waals surface area contributed by atoms with Gasteiger partial charge >= 0.3 is 0 Å². The summed E-state index contributed by atoms with van der Waals surface area (Å²) in [6.07, 6.45) is 7.15. The summed E-state index contributed by atoms with van der Waals surface area (Å²) in [6.45, 7) is 16.9. The molecule has 4 nitrogen and oxygen atoms in total. The van der Waals surface area contributed by atoms with E-state index >= 15 is 0 Å². The Morgan fingerprint density at radius 3 is 2.40 bits per heavy atom. The Bertz CT molecular complexity index is 452. The normalized spacial score (nSPS) is 31.5. The van der Waals surface area contributed by atoms with E-state index in [0.717, 1.165) is 13.0 Å². The SMILES string of the molecule is CO[C@H]1C[C@H](O[Si](C)(C)C(C)(C)C)O[C@@H](C)/C1=C/CN1CCCCC1. The lowest BCUT2D eigenvalue weighted by molar-refractivity contribution is -0.155. The predicted molar refractivity (Wildman–Crippen MR) is 106 cm³/mol. The summed E-state index contributed by atoms with van der Waals surface area (Å²) in [5.41, 5.74) is 1.28. The largest absolute Gasteiger partial charge is 0.392 e. The van der Waals surface area contributed by atoms with Gasteiger partial charge in [-0.1, -0.05) is 33.3 Å². The first-order valence-corrected chi connectivity index (χ1v) is 12.8. The molecule has 3 atom stereocenters. The Labute approximate surface area is 156 Å². The summed E-state index contributed by atoms with van der Waals surface area (Å²) >= 11 is 0. The van der Waals surface area contributed by atoms with E-state index in [0.29, 0.717) is 0 Å². The summed E-state index contributed by atoms with van der Waals surface area (Å²) in [7, 11) is -0.0334. The number of hydrogen-bond acceptors (Lipinski definition) is 4. The van der Waals surface area contributed by atoms with Crippen molar-refractivity contribution in [2.24, 2.45) is 0 Å². The molecule has 0 aromatic heterocycles. The third-order valence-corrected chi connectivity index (χ3v) is 10.6. The van der Waals surface area contributed by atoms with Crippen LogP contribution in [0.2, 0.25) is 18.1 Å². The van der Waals surface area contributed by atoms with Crippen molar-refractivity contribution in [1.29, 1.82) is 0 Å². The maximum atomic E-state index is 6.49. The van der Waals surface area contributed by atoms with E-state index in [1.165, 1.54) is 37.9 Å². The van der Waals surface area contributed by atoms with Crippen molar-refractivity contribution < 1.29 is 13.9 Å². The Balaban J connectivity index is 2.00. The highest BCUT2D eigenvalue weighted by molar-refractivity contribution is 6.74. The zero-order chi connectivity index (χ0) is 18.7. The highest BCUT2D eigenvalue weighted by Gasteiger charge is 2.42. The fourth-order valence-corrected chi connectivity index (χ4v) is 4.58. The van der Waals surface area contributed by atoms with Crippen LogP contribution in [0.25, 0.3) is 0 Å². The molecule has 0 aromatic carbocycles. The average molecular weight is 370 g/mol. The molecule has 0 spiro atoms. The van der Waals surface area contributed by atoms with Gasteiger partial charge in [-0.15, -0.1) is 0 Å². The zero-order valence-electron chi connectivity index (χ0n) is 17.4. The predicted octanol–water partition coefficient (Wildman–Crippen LogP) is 4.57. The van der Waals surface area contributed by atoms with Crippen LogP contribution in [-0.4, -0.2) is 58.5 Å². The van der Waals surface area contributed by atoms with Gasteiger partial charge in [0, 0.05) is 20.1 Å². The van der Waals surface area contributed by atoms with Crippen molar-refractivity contribution >= 4 is 8.32 Å². The van der Waals surface area contributed by atoms with Crippen LogP contribution in [0.5, 0.6) is 0 Å². The molecule has 25 heavy (non-hydrogen) atoms. The Morgan fingerprint density at radius 2 is 1.84 bits per heavy atom. The number of piperidine rings is 1. The van der Waals surface area contributed by atoms with Crippen molar-refractivity contribution in [1.82, 2.24) is 4.90 Å². The number of nitrogens with zero attached hydrogens (tertiary/aromatic N) is 1. The van der Waals surface area contributed by atoms with E-state index in [-0.39, 0.29) is 23.5 Å². The Kier molecular flexibility index (Phi) is 7.31. The number of hydrogen-bond donors (Lipinski definition) is 0. The second kappa shape index (κ2) is 8.66.